The third kappa shape index (κ3) is 5.40. The van der Waals surface area contributed by atoms with Gasteiger partial charge >= 0.3 is 5.97 Å². The van der Waals surface area contributed by atoms with Crippen molar-refractivity contribution >= 4 is 11.9 Å². The Balaban J connectivity index is 1.69. The van der Waals surface area contributed by atoms with Crippen LogP contribution in [0.3, 0.4) is 0 Å². The maximum Gasteiger partial charge on any atom is 0.306 e. The Morgan fingerprint density at radius 3 is 2.48 bits per heavy atom. The molecule has 1 amide bonds. The first-order valence-corrected chi connectivity index (χ1v) is 10.1. The maximum atomic E-state index is 13.4. The SMILES string of the molecule is CCOC(=O)C[C@@H](c1ccc(F)cc1)C1CCN(C(=O)c2cccc(C)n2)CC1. The van der Waals surface area contributed by atoms with Gasteiger partial charge in [0.25, 0.3) is 5.91 Å². The number of rotatable bonds is 6. The Kier molecular flexibility index (Phi) is 6.96. The van der Waals surface area contributed by atoms with Gasteiger partial charge in [-0.25, -0.2) is 9.37 Å². The summed E-state index contributed by atoms with van der Waals surface area (Å²) in [5.74, 6) is -0.432. The summed E-state index contributed by atoms with van der Waals surface area (Å²) in [5, 5.41) is 0. The minimum atomic E-state index is -0.297. The van der Waals surface area contributed by atoms with E-state index in [1.165, 1.54) is 12.1 Å². The molecule has 0 N–H and O–H groups in total. The molecule has 154 valence electrons. The molecule has 0 spiro atoms. The number of aryl methyl sites for hydroxylation is 1. The van der Waals surface area contributed by atoms with E-state index in [4.69, 9.17) is 4.74 Å². The zero-order valence-electron chi connectivity index (χ0n) is 16.9. The number of ether oxygens (including phenoxy) is 1. The minimum absolute atomic E-state index is 0.0519. The predicted octanol–water partition coefficient (Wildman–Crippen LogP) is 4.12. The molecule has 1 fully saturated rings. The van der Waals surface area contributed by atoms with Gasteiger partial charge in [-0.2, -0.15) is 0 Å². The largest absolute Gasteiger partial charge is 0.466 e. The van der Waals surface area contributed by atoms with Crippen molar-refractivity contribution in [3.63, 3.8) is 0 Å². The monoisotopic (exact) mass is 398 g/mol. The Hall–Kier alpha value is -2.76. The average Bonchev–Trinajstić information content (AvgIpc) is 2.73. The first kappa shape index (κ1) is 21.0. The quantitative estimate of drug-likeness (QED) is 0.687. The molecule has 0 aliphatic carbocycles. The van der Waals surface area contributed by atoms with E-state index in [1.54, 1.807) is 25.1 Å². The number of aromatic nitrogens is 1. The Morgan fingerprint density at radius 2 is 1.86 bits per heavy atom. The third-order valence-electron chi connectivity index (χ3n) is 5.49. The molecule has 1 atom stereocenters. The van der Waals surface area contributed by atoms with E-state index in [0.29, 0.717) is 25.4 Å². The van der Waals surface area contributed by atoms with Crippen molar-refractivity contribution in [3.8, 4) is 0 Å². The highest BCUT2D eigenvalue weighted by atomic mass is 19.1. The summed E-state index contributed by atoms with van der Waals surface area (Å²) in [7, 11) is 0. The van der Waals surface area contributed by atoms with Gasteiger partial charge in [0.2, 0.25) is 0 Å². The van der Waals surface area contributed by atoms with Crippen molar-refractivity contribution in [2.75, 3.05) is 19.7 Å². The van der Waals surface area contributed by atoms with Crippen molar-refractivity contribution < 1.29 is 18.7 Å². The summed E-state index contributed by atoms with van der Waals surface area (Å²) in [5.41, 5.74) is 2.21. The lowest BCUT2D eigenvalue weighted by Gasteiger charge is -2.36. The first-order valence-electron chi connectivity index (χ1n) is 10.1. The van der Waals surface area contributed by atoms with E-state index in [2.05, 4.69) is 4.98 Å². The summed E-state index contributed by atoms with van der Waals surface area (Å²) >= 11 is 0. The number of carbonyl (C=O) groups excluding carboxylic acids is 2. The molecule has 1 aliphatic rings. The lowest BCUT2D eigenvalue weighted by Crippen LogP contribution is -2.40. The summed E-state index contributed by atoms with van der Waals surface area (Å²) < 4.78 is 18.5. The van der Waals surface area contributed by atoms with Gasteiger partial charge in [0, 0.05) is 18.8 Å². The van der Waals surface area contributed by atoms with Gasteiger partial charge in [0.1, 0.15) is 11.5 Å². The van der Waals surface area contributed by atoms with Gasteiger partial charge in [0.15, 0.2) is 0 Å². The van der Waals surface area contributed by atoms with Crippen LogP contribution in [0.4, 0.5) is 4.39 Å². The molecular weight excluding hydrogens is 371 g/mol. The number of halogens is 1. The van der Waals surface area contributed by atoms with Crippen LogP contribution >= 0.6 is 0 Å². The van der Waals surface area contributed by atoms with Gasteiger partial charge in [-0.05, 0) is 68.4 Å². The van der Waals surface area contributed by atoms with Gasteiger partial charge in [-0.1, -0.05) is 18.2 Å². The van der Waals surface area contributed by atoms with Crippen molar-refractivity contribution in [3.05, 3.63) is 65.2 Å². The molecule has 0 saturated carbocycles. The molecule has 2 aromatic rings. The van der Waals surface area contributed by atoms with Crippen molar-refractivity contribution in [2.24, 2.45) is 5.92 Å². The molecule has 0 unspecified atom stereocenters. The number of amides is 1. The number of pyridine rings is 1. The smallest absolute Gasteiger partial charge is 0.306 e. The number of likely N-dealkylation sites (tertiary alicyclic amines) is 1. The van der Waals surface area contributed by atoms with Crippen LogP contribution < -0.4 is 0 Å². The molecule has 1 aromatic heterocycles. The molecule has 0 bridgehead atoms. The molecule has 3 rings (SSSR count). The van der Waals surface area contributed by atoms with Crippen LogP contribution in [-0.4, -0.2) is 41.5 Å². The van der Waals surface area contributed by atoms with Crippen LogP contribution in [0.25, 0.3) is 0 Å². The zero-order chi connectivity index (χ0) is 20.8. The fourth-order valence-corrected chi connectivity index (χ4v) is 4.00. The second-order valence-electron chi connectivity index (χ2n) is 7.46. The van der Waals surface area contributed by atoms with Gasteiger partial charge in [-0.15, -0.1) is 0 Å². The third-order valence-corrected chi connectivity index (χ3v) is 5.49. The molecule has 5 nitrogen and oxygen atoms in total. The molecule has 1 aromatic carbocycles. The number of piperidine rings is 1. The van der Waals surface area contributed by atoms with Crippen LogP contribution in [0.15, 0.2) is 42.5 Å². The predicted molar refractivity (Wildman–Crippen MR) is 108 cm³/mol. The lowest BCUT2D eigenvalue weighted by atomic mass is 9.78. The Bertz CT molecular complexity index is 845. The Labute approximate surface area is 170 Å². The number of carbonyl (C=O) groups is 2. The van der Waals surface area contributed by atoms with Crippen LogP contribution in [-0.2, 0) is 9.53 Å². The summed E-state index contributed by atoms with van der Waals surface area (Å²) in [6.07, 6.45) is 1.82. The maximum absolute atomic E-state index is 13.4. The van der Waals surface area contributed by atoms with E-state index in [1.807, 2.05) is 24.0 Å². The highest BCUT2D eigenvalue weighted by Gasteiger charge is 2.31. The summed E-state index contributed by atoms with van der Waals surface area (Å²) in [6.45, 7) is 5.21. The molecule has 6 heteroatoms. The normalized spacial score (nSPS) is 15.8. The second kappa shape index (κ2) is 9.63. The molecular formula is C23H27FN2O3. The fraction of sp³-hybridized carbons (Fsp3) is 0.435. The Morgan fingerprint density at radius 1 is 1.17 bits per heavy atom. The van der Waals surface area contributed by atoms with E-state index in [0.717, 1.165) is 24.1 Å². The number of nitrogens with zero attached hydrogens (tertiary/aromatic N) is 2. The first-order chi connectivity index (χ1) is 14.0. The van der Waals surface area contributed by atoms with Crippen molar-refractivity contribution in [1.82, 2.24) is 9.88 Å². The lowest BCUT2D eigenvalue weighted by molar-refractivity contribution is -0.144. The topological polar surface area (TPSA) is 59.5 Å². The van der Waals surface area contributed by atoms with E-state index in [-0.39, 0.29) is 36.0 Å². The number of hydrogen-bond donors (Lipinski definition) is 0. The standard InChI is InChI=1S/C23H27FN2O3/c1-3-29-22(27)15-20(17-7-9-19(24)10-8-17)18-11-13-26(14-12-18)23(28)21-6-4-5-16(2)25-21/h4-10,18,20H,3,11-15H2,1-2H3/t20-/m0/s1. The number of benzene rings is 1. The van der Waals surface area contributed by atoms with Crippen molar-refractivity contribution in [2.45, 2.75) is 39.0 Å². The number of esters is 1. The van der Waals surface area contributed by atoms with Crippen LogP contribution in [0, 0.1) is 18.7 Å². The highest BCUT2D eigenvalue weighted by molar-refractivity contribution is 5.92. The summed E-state index contributed by atoms with van der Waals surface area (Å²) in [6, 6.07) is 11.8. The van der Waals surface area contributed by atoms with E-state index in [9.17, 15) is 14.0 Å². The molecule has 0 radical (unpaired) electrons. The van der Waals surface area contributed by atoms with Crippen LogP contribution in [0.1, 0.15) is 53.8 Å². The van der Waals surface area contributed by atoms with Gasteiger partial charge < -0.3 is 9.64 Å². The zero-order valence-corrected chi connectivity index (χ0v) is 16.9. The minimum Gasteiger partial charge on any atom is -0.466 e. The summed E-state index contributed by atoms with van der Waals surface area (Å²) in [4.78, 5) is 31.1. The van der Waals surface area contributed by atoms with Gasteiger partial charge in [-0.3, -0.25) is 9.59 Å². The van der Waals surface area contributed by atoms with E-state index >= 15 is 0 Å². The molecule has 1 aliphatic heterocycles. The average molecular weight is 398 g/mol. The number of hydrogen-bond acceptors (Lipinski definition) is 4. The molecule has 2 heterocycles. The van der Waals surface area contributed by atoms with Crippen LogP contribution in [0.5, 0.6) is 0 Å². The second-order valence-corrected chi connectivity index (χ2v) is 7.46. The van der Waals surface area contributed by atoms with Crippen molar-refractivity contribution in [1.29, 1.82) is 0 Å². The molecule has 29 heavy (non-hydrogen) atoms. The molecule has 1 saturated heterocycles. The van der Waals surface area contributed by atoms with E-state index < -0.39 is 0 Å². The van der Waals surface area contributed by atoms with Gasteiger partial charge in [0.05, 0.1) is 13.0 Å². The fourth-order valence-electron chi connectivity index (χ4n) is 4.00. The highest BCUT2D eigenvalue weighted by Crippen LogP contribution is 2.36. The van der Waals surface area contributed by atoms with Crippen LogP contribution in [0.2, 0.25) is 0 Å².